The molecule has 6 nitrogen and oxygen atoms in total. The monoisotopic (exact) mass is 238 g/mol. The van der Waals surface area contributed by atoms with Crippen molar-refractivity contribution in [3.05, 3.63) is 0 Å². The maximum Gasteiger partial charge on any atom is 0.303 e. The molecule has 92 valence electrons. The number of hydrogen-bond donors (Lipinski definition) is 1. The average Bonchev–Trinajstić information content (AvgIpc) is 2.82. The summed E-state index contributed by atoms with van der Waals surface area (Å²) in [7, 11) is 0. The van der Waals surface area contributed by atoms with Gasteiger partial charge in [-0.1, -0.05) is 0 Å². The Hall–Kier alpha value is -1.43. The number of esters is 1. The number of aliphatic imine (C=N–C) groups is 1. The fraction of sp³-hybridized carbons (Fsp3) is 0.727. The molecule has 0 spiro atoms. The largest absolute Gasteiger partial charge is 0.861 e. The van der Waals surface area contributed by atoms with Gasteiger partial charge in [-0.05, 0) is 18.2 Å². The predicted octanol–water partition coefficient (Wildman–Crippen LogP) is -1.54. The average molecular weight is 238 g/mol. The van der Waals surface area contributed by atoms with E-state index in [1.54, 1.807) is 0 Å². The highest BCUT2D eigenvalue weighted by molar-refractivity contribution is 6.01. The molecule has 0 aromatic rings. The number of aliphatic hydroxyl groups excluding tert-OH is 1. The summed E-state index contributed by atoms with van der Waals surface area (Å²) in [6, 6.07) is 0. The summed E-state index contributed by atoms with van der Waals surface area (Å²) in [5, 5.41) is 21.5. The smallest absolute Gasteiger partial charge is 0.303 e. The Morgan fingerprint density at radius 2 is 2.18 bits per heavy atom. The number of ether oxygens (including phenoxy) is 1. The minimum Gasteiger partial charge on any atom is -0.861 e. The molecule has 0 aromatic carbocycles. The fourth-order valence-electron chi connectivity index (χ4n) is 3.61. The van der Waals surface area contributed by atoms with Gasteiger partial charge in [0.25, 0.3) is 0 Å². The summed E-state index contributed by atoms with van der Waals surface area (Å²) < 4.78 is 5.06. The first-order chi connectivity index (χ1) is 8.00. The van der Waals surface area contributed by atoms with Gasteiger partial charge < -0.3 is 14.9 Å². The summed E-state index contributed by atoms with van der Waals surface area (Å²) >= 11 is 0. The molecule has 17 heavy (non-hydrogen) atoms. The fourth-order valence-corrected chi connectivity index (χ4v) is 3.61. The molecule has 0 saturated heterocycles. The minimum atomic E-state index is -0.852. The number of fused-ring (bicyclic) bond motifs is 5. The van der Waals surface area contributed by atoms with Crippen LogP contribution in [-0.4, -0.2) is 35.1 Å². The van der Waals surface area contributed by atoms with Crippen LogP contribution in [0.1, 0.15) is 13.3 Å². The van der Waals surface area contributed by atoms with Crippen LogP contribution in [0.3, 0.4) is 0 Å². The lowest BCUT2D eigenvalue weighted by Crippen LogP contribution is -2.47. The maximum absolute atomic E-state index is 11.6. The van der Waals surface area contributed by atoms with Crippen LogP contribution in [0.5, 0.6) is 0 Å². The van der Waals surface area contributed by atoms with Crippen molar-refractivity contribution in [1.82, 2.24) is 0 Å². The van der Waals surface area contributed by atoms with E-state index in [-0.39, 0.29) is 11.8 Å². The van der Waals surface area contributed by atoms with Crippen molar-refractivity contribution in [2.45, 2.75) is 25.6 Å². The number of aliphatic hydroxyl groups is 1. The van der Waals surface area contributed by atoms with Gasteiger partial charge in [-0.15, -0.1) is 0 Å². The van der Waals surface area contributed by atoms with Gasteiger partial charge in [0.15, 0.2) is 0 Å². The highest BCUT2D eigenvalue weighted by Crippen LogP contribution is 2.55. The van der Waals surface area contributed by atoms with Gasteiger partial charge in [-0.2, -0.15) is 0 Å². The Morgan fingerprint density at radius 3 is 2.82 bits per heavy atom. The molecule has 2 aliphatic carbocycles. The van der Waals surface area contributed by atoms with E-state index < -0.39 is 41.8 Å². The first-order valence-electron chi connectivity index (χ1n) is 5.65. The van der Waals surface area contributed by atoms with Crippen LogP contribution in [0.4, 0.5) is 0 Å². The summed E-state index contributed by atoms with van der Waals surface area (Å²) in [5.41, 5.74) is 0. The molecule has 1 amide bonds. The topological polar surface area (TPSA) is 99.0 Å². The van der Waals surface area contributed by atoms with Crippen LogP contribution in [0.25, 0.3) is 0 Å². The quantitative estimate of drug-likeness (QED) is 0.558. The van der Waals surface area contributed by atoms with E-state index in [0.29, 0.717) is 6.42 Å². The highest BCUT2D eigenvalue weighted by atomic mass is 16.6. The second-order valence-electron chi connectivity index (χ2n) is 4.97. The number of amides is 1. The van der Waals surface area contributed by atoms with Crippen LogP contribution in [0.15, 0.2) is 4.99 Å². The molecule has 0 radical (unpaired) electrons. The number of carbonyl (C=O) groups is 2. The van der Waals surface area contributed by atoms with Crippen LogP contribution >= 0.6 is 0 Å². The zero-order valence-electron chi connectivity index (χ0n) is 9.20. The van der Waals surface area contributed by atoms with E-state index >= 15 is 0 Å². The lowest BCUT2D eigenvalue weighted by molar-refractivity contribution is -0.227. The second kappa shape index (κ2) is 3.29. The molecule has 1 N–H and O–H groups in total. The SMILES string of the molecule is CC(=O)OC1C(O)C2CC1C1C(=O)N=C([O-])C21. The van der Waals surface area contributed by atoms with E-state index in [1.165, 1.54) is 6.92 Å². The molecular weight excluding hydrogens is 226 g/mol. The number of rotatable bonds is 1. The Balaban J connectivity index is 1.90. The van der Waals surface area contributed by atoms with E-state index in [0.717, 1.165) is 0 Å². The number of nitrogens with zero attached hydrogens (tertiary/aromatic N) is 1. The third-order valence-corrected chi connectivity index (χ3v) is 4.14. The molecule has 1 heterocycles. The molecule has 0 aromatic heterocycles. The molecule has 1 aliphatic heterocycles. The van der Waals surface area contributed by atoms with E-state index in [9.17, 15) is 19.8 Å². The van der Waals surface area contributed by atoms with Crippen molar-refractivity contribution in [1.29, 1.82) is 0 Å². The Kier molecular flexibility index (Phi) is 2.07. The van der Waals surface area contributed by atoms with Gasteiger partial charge in [0.05, 0.1) is 12.0 Å². The molecular formula is C11H12NO5-. The Morgan fingerprint density at radius 1 is 1.47 bits per heavy atom. The van der Waals surface area contributed by atoms with Gasteiger partial charge in [0, 0.05) is 18.8 Å². The van der Waals surface area contributed by atoms with Gasteiger partial charge in [0.2, 0.25) is 5.91 Å². The molecule has 6 heteroatoms. The second-order valence-corrected chi connectivity index (χ2v) is 4.97. The minimum absolute atomic E-state index is 0.258. The lowest BCUT2D eigenvalue weighted by atomic mass is 9.77. The van der Waals surface area contributed by atoms with Gasteiger partial charge in [0.1, 0.15) is 6.10 Å². The molecule has 2 fully saturated rings. The van der Waals surface area contributed by atoms with Crippen molar-refractivity contribution in [3.63, 3.8) is 0 Å². The molecule has 2 saturated carbocycles. The normalized spacial score (nSPS) is 46.9. The lowest BCUT2D eigenvalue weighted by Gasteiger charge is -2.35. The van der Waals surface area contributed by atoms with Crippen LogP contribution in [-0.2, 0) is 14.3 Å². The van der Waals surface area contributed by atoms with Crippen molar-refractivity contribution in [3.8, 4) is 0 Å². The van der Waals surface area contributed by atoms with Crippen LogP contribution in [0, 0.1) is 23.7 Å². The molecule has 3 aliphatic rings. The third-order valence-electron chi connectivity index (χ3n) is 4.14. The molecule has 6 unspecified atom stereocenters. The molecule has 2 bridgehead atoms. The van der Waals surface area contributed by atoms with E-state index in [1.807, 2.05) is 0 Å². The molecule has 6 atom stereocenters. The van der Waals surface area contributed by atoms with Crippen molar-refractivity contribution in [2.24, 2.45) is 28.7 Å². The van der Waals surface area contributed by atoms with E-state index in [2.05, 4.69) is 4.99 Å². The highest BCUT2D eigenvalue weighted by Gasteiger charge is 2.63. The maximum atomic E-state index is 11.6. The summed E-state index contributed by atoms with van der Waals surface area (Å²) in [5.74, 6) is -2.85. The summed E-state index contributed by atoms with van der Waals surface area (Å²) in [4.78, 5) is 26.0. The van der Waals surface area contributed by atoms with Gasteiger partial charge in [-0.3, -0.25) is 9.59 Å². The van der Waals surface area contributed by atoms with E-state index in [4.69, 9.17) is 4.74 Å². The Labute approximate surface area is 97.3 Å². The zero-order chi connectivity index (χ0) is 12.3. The summed E-state index contributed by atoms with van der Waals surface area (Å²) in [6.07, 6.45) is -0.958. The van der Waals surface area contributed by atoms with Crippen molar-refractivity contribution in [2.75, 3.05) is 0 Å². The van der Waals surface area contributed by atoms with Gasteiger partial charge >= 0.3 is 5.97 Å². The van der Waals surface area contributed by atoms with Crippen LogP contribution in [0.2, 0.25) is 0 Å². The van der Waals surface area contributed by atoms with Gasteiger partial charge in [-0.25, -0.2) is 4.99 Å². The van der Waals surface area contributed by atoms with Crippen molar-refractivity contribution >= 4 is 17.8 Å². The molecule has 3 rings (SSSR count). The number of carbonyl (C=O) groups excluding carboxylic acids is 2. The predicted molar refractivity (Wildman–Crippen MR) is 52.6 cm³/mol. The van der Waals surface area contributed by atoms with Crippen LogP contribution < -0.4 is 5.11 Å². The standard InChI is InChI=1S/C11H13NO5/c1-3(13)17-9-5-2-4(8(9)14)6-7(5)11(16)12-10(6)15/h4-9,14H,2H2,1H3,(H,12,15,16)/p-1. The number of hydrogen-bond acceptors (Lipinski definition) is 5. The first-order valence-corrected chi connectivity index (χ1v) is 5.65. The first kappa shape index (κ1) is 10.7. The third kappa shape index (κ3) is 1.27. The van der Waals surface area contributed by atoms with Crippen molar-refractivity contribution < 1.29 is 24.5 Å². The zero-order valence-corrected chi connectivity index (χ0v) is 9.20. The summed E-state index contributed by atoms with van der Waals surface area (Å²) in [6.45, 7) is 1.27. The Bertz CT molecular complexity index is 432.